The van der Waals surface area contributed by atoms with Gasteiger partial charge in [0.05, 0.1) is 0 Å². The summed E-state index contributed by atoms with van der Waals surface area (Å²) in [7, 11) is 0. The van der Waals surface area contributed by atoms with E-state index in [-0.39, 0.29) is 0 Å². The first-order valence-corrected chi connectivity index (χ1v) is 7.71. The van der Waals surface area contributed by atoms with E-state index in [1.54, 1.807) is 0 Å². The van der Waals surface area contributed by atoms with Crippen LogP contribution in [0.4, 0.5) is 0 Å². The molecule has 0 saturated carbocycles. The summed E-state index contributed by atoms with van der Waals surface area (Å²) < 4.78 is 0. The maximum atomic E-state index is 6.03. The van der Waals surface area contributed by atoms with Crippen molar-refractivity contribution in [2.24, 2.45) is 5.92 Å². The summed E-state index contributed by atoms with van der Waals surface area (Å²) in [6.07, 6.45) is 2.51. The van der Waals surface area contributed by atoms with E-state index in [2.05, 4.69) is 36.2 Å². The highest BCUT2D eigenvalue weighted by Crippen LogP contribution is 2.16. The van der Waals surface area contributed by atoms with Crippen LogP contribution >= 0.6 is 11.6 Å². The Kier molecular flexibility index (Phi) is 5.68. The van der Waals surface area contributed by atoms with E-state index in [1.807, 2.05) is 12.1 Å². The van der Waals surface area contributed by atoms with Gasteiger partial charge in [-0.15, -0.1) is 0 Å². The van der Waals surface area contributed by atoms with Crippen LogP contribution in [0.15, 0.2) is 24.3 Å². The summed E-state index contributed by atoms with van der Waals surface area (Å²) in [5.41, 5.74) is 1.32. The van der Waals surface area contributed by atoms with Crippen LogP contribution in [0.1, 0.15) is 32.3 Å². The molecule has 0 bridgehead atoms. The first-order chi connectivity index (χ1) is 9.13. The van der Waals surface area contributed by atoms with E-state index in [0.717, 1.165) is 24.0 Å². The van der Waals surface area contributed by atoms with Crippen LogP contribution in [0.2, 0.25) is 5.02 Å². The van der Waals surface area contributed by atoms with Crippen molar-refractivity contribution in [2.75, 3.05) is 19.6 Å². The molecule has 1 aromatic rings. The van der Waals surface area contributed by atoms with Crippen LogP contribution in [-0.4, -0.2) is 30.6 Å². The second-order valence-electron chi connectivity index (χ2n) is 5.98. The van der Waals surface area contributed by atoms with Crippen molar-refractivity contribution in [1.82, 2.24) is 10.2 Å². The molecule has 0 amide bonds. The number of hydrogen-bond acceptors (Lipinski definition) is 2. The Hall–Kier alpha value is -0.570. The van der Waals surface area contributed by atoms with Crippen LogP contribution in [0, 0.1) is 5.92 Å². The van der Waals surface area contributed by atoms with Gasteiger partial charge in [-0.2, -0.15) is 0 Å². The van der Waals surface area contributed by atoms with Gasteiger partial charge in [0.2, 0.25) is 0 Å². The Balaban J connectivity index is 1.74. The Morgan fingerprint density at radius 2 is 2.05 bits per heavy atom. The fraction of sp³-hybridized carbons (Fsp3) is 0.625. The predicted molar refractivity (Wildman–Crippen MR) is 82.6 cm³/mol. The molecular formula is C16H25ClN2. The second-order valence-corrected chi connectivity index (χ2v) is 6.42. The lowest BCUT2D eigenvalue weighted by Gasteiger charge is -2.32. The molecule has 1 heterocycles. The molecule has 19 heavy (non-hydrogen) atoms. The fourth-order valence-electron chi connectivity index (χ4n) is 2.59. The molecule has 0 unspecified atom stereocenters. The Morgan fingerprint density at radius 3 is 2.68 bits per heavy atom. The third kappa shape index (κ3) is 5.13. The molecular weight excluding hydrogens is 256 g/mol. The Labute approximate surface area is 122 Å². The molecule has 0 atom stereocenters. The maximum Gasteiger partial charge on any atom is 0.0409 e. The van der Waals surface area contributed by atoms with Gasteiger partial charge >= 0.3 is 0 Å². The molecule has 1 fully saturated rings. The summed E-state index contributed by atoms with van der Waals surface area (Å²) >= 11 is 6.03. The number of piperidine rings is 1. The molecule has 106 valence electrons. The summed E-state index contributed by atoms with van der Waals surface area (Å²) in [5, 5.41) is 4.51. The van der Waals surface area contributed by atoms with Crippen LogP contribution < -0.4 is 5.32 Å². The predicted octanol–water partition coefficient (Wildman–Crippen LogP) is 3.55. The smallest absolute Gasteiger partial charge is 0.0409 e. The number of hydrogen-bond donors (Lipinski definition) is 1. The minimum absolute atomic E-state index is 0.706. The maximum absolute atomic E-state index is 6.03. The number of likely N-dealkylation sites (tertiary alicyclic amines) is 1. The fourth-order valence-corrected chi connectivity index (χ4v) is 2.80. The molecule has 3 heteroatoms. The van der Waals surface area contributed by atoms with Crippen molar-refractivity contribution >= 4 is 11.6 Å². The van der Waals surface area contributed by atoms with Gasteiger partial charge in [-0.05, 0) is 56.1 Å². The van der Waals surface area contributed by atoms with Crippen LogP contribution in [0.5, 0.6) is 0 Å². The monoisotopic (exact) mass is 280 g/mol. The molecule has 1 aliphatic rings. The molecule has 2 rings (SSSR count). The zero-order chi connectivity index (χ0) is 13.7. The van der Waals surface area contributed by atoms with Crippen molar-refractivity contribution in [3.63, 3.8) is 0 Å². The first-order valence-electron chi connectivity index (χ1n) is 7.33. The Morgan fingerprint density at radius 1 is 1.32 bits per heavy atom. The zero-order valence-electron chi connectivity index (χ0n) is 12.0. The summed E-state index contributed by atoms with van der Waals surface area (Å²) in [4.78, 5) is 2.53. The summed E-state index contributed by atoms with van der Waals surface area (Å²) in [6, 6.07) is 8.92. The van der Waals surface area contributed by atoms with Crippen molar-refractivity contribution in [3.05, 3.63) is 34.9 Å². The average molecular weight is 281 g/mol. The van der Waals surface area contributed by atoms with Crippen molar-refractivity contribution < 1.29 is 0 Å². The Bertz CT molecular complexity index is 384. The molecule has 0 aliphatic carbocycles. The lowest BCUT2D eigenvalue weighted by atomic mass is 10.0. The second kappa shape index (κ2) is 7.28. The molecule has 0 aromatic heterocycles. The van der Waals surface area contributed by atoms with E-state index < -0.39 is 0 Å². The van der Waals surface area contributed by atoms with Gasteiger partial charge in [0.1, 0.15) is 0 Å². The van der Waals surface area contributed by atoms with Gasteiger partial charge in [-0.1, -0.05) is 37.6 Å². The highest BCUT2D eigenvalue weighted by atomic mass is 35.5. The largest absolute Gasteiger partial charge is 0.314 e. The minimum atomic E-state index is 0.706. The molecule has 1 N–H and O–H groups in total. The quantitative estimate of drug-likeness (QED) is 0.887. The highest BCUT2D eigenvalue weighted by molar-refractivity contribution is 6.30. The average Bonchev–Trinajstić information content (AvgIpc) is 2.38. The highest BCUT2D eigenvalue weighted by Gasteiger charge is 2.18. The lowest BCUT2D eigenvalue weighted by Crippen LogP contribution is -2.43. The van der Waals surface area contributed by atoms with Crippen LogP contribution in [0.3, 0.4) is 0 Å². The van der Waals surface area contributed by atoms with E-state index in [0.29, 0.717) is 6.04 Å². The van der Waals surface area contributed by atoms with Gasteiger partial charge in [-0.25, -0.2) is 0 Å². The topological polar surface area (TPSA) is 15.3 Å². The molecule has 1 aromatic carbocycles. The van der Waals surface area contributed by atoms with Crippen molar-refractivity contribution in [2.45, 2.75) is 39.3 Å². The van der Waals surface area contributed by atoms with Gasteiger partial charge in [0.25, 0.3) is 0 Å². The third-order valence-corrected chi connectivity index (χ3v) is 3.93. The van der Waals surface area contributed by atoms with E-state index in [1.165, 1.54) is 31.5 Å². The molecule has 0 radical (unpaired) electrons. The third-order valence-electron chi connectivity index (χ3n) is 3.70. The van der Waals surface area contributed by atoms with E-state index in [9.17, 15) is 0 Å². The molecule has 1 aliphatic heterocycles. The SMILES string of the molecule is CC(C)CNC1CCN(Cc2cccc(Cl)c2)CC1. The molecule has 1 saturated heterocycles. The van der Waals surface area contributed by atoms with Crippen molar-refractivity contribution in [1.29, 1.82) is 0 Å². The van der Waals surface area contributed by atoms with E-state index >= 15 is 0 Å². The van der Waals surface area contributed by atoms with Gasteiger partial charge in [0, 0.05) is 17.6 Å². The summed E-state index contributed by atoms with van der Waals surface area (Å²) in [5.74, 6) is 0.740. The number of nitrogens with zero attached hydrogens (tertiary/aromatic N) is 1. The standard InChI is InChI=1S/C16H25ClN2/c1-13(2)11-18-16-6-8-19(9-7-16)12-14-4-3-5-15(17)10-14/h3-5,10,13,16,18H,6-9,11-12H2,1-2H3. The zero-order valence-corrected chi connectivity index (χ0v) is 12.8. The van der Waals surface area contributed by atoms with Crippen LogP contribution in [-0.2, 0) is 6.54 Å². The number of nitrogens with one attached hydrogen (secondary N) is 1. The minimum Gasteiger partial charge on any atom is -0.314 e. The first kappa shape index (κ1) is 14.8. The summed E-state index contributed by atoms with van der Waals surface area (Å²) in [6.45, 7) is 9.06. The number of rotatable bonds is 5. The number of halogens is 1. The van der Waals surface area contributed by atoms with Gasteiger partial charge in [0.15, 0.2) is 0 Å². The molecule has 2 nitrogen and oxygen atoms in total. The van der Waals surface area contributed by atoms with Crippen molar-refractivity contribution in [3.8, 4) is 0 Å². The van der Waals surface area contributed by atoms with Gasteiger partial charge in [-0.3, -0.25) is 4.90 Å². The van der Waals surface area contributed by atoms with Crippen LogP contribution in [0.25, 0.3) is 0 Å². The van der Waals surface area contributed by atoms with Gasteiger partial charge < -0.3 is 5.32 Å². The van der Waals surface area contributed by atoms with E-state index in [4.69, 9.17) is 11.6 Å². The number of benzene rings is 1. The molecule has 0 spiro atoms. The lowest BCUT2D eigenvalue weighted by molar-refractivity contribution is 0.189. The normalized spacial score (nSPS) is 18.1.